The highest BCUT2D eigenvalue weighted by atomic mass is 16.5. The summed E-state index contributed by atoms with van der Waals surface area (Å²) in [6.07, 6.45) is 7.39. The standard InChI is InChI=1S/C31H38N2O4/c1-32(26(35)9-5-8-20-6-3-2-4-7-20)23-14-15-31(36)25-18-22-12-13-24(34)28-27(22)30(31,29(23)37-28)16-17-33(25)19-21-10-11-21/h2-4,6-7,12-13,21,23,25,29,34,36H,5,8-11,14-19H2,1H3/t23?,25-,29?,30+,31-/m1/s1. The smallest absolute Gasteiger partial charge is 0.222 e. The monoisotopic (exact) mass is 502 g/mol. The first kappa shape index (κ1) is 23.5. The van der Waals surface area contributed by atoms with Crippen molar-refractivity contribution in [3.05, 3.63) is 59.2 Å². The number of piperidine rings is 1. The van der Waals surface area contributed by atoms with Gasteiger partial charge in [0.25, 0.3) is 0 Å². The molecule has 0 aromatic heterocycles. The van der Waals surface area contributed by atoms with E-state index in [1.165, 1.54) is 24.0 Å². The van der Waals surface area contributed by atoms with Gasteiger partial charge < -0.3 is 19.8 Å². The molecule has 196 valence electrons. The number of nitrogens with zero attached hydrogens (tertiary/aromatic N) is 2. The highest BCUT2D eigenvalue weighted by molar-refractivity contribution is 5.76. The predicted octanol–water partition coefficient (Wildman–Crippen LogP) is 3.81. The Morgan fingerprint density at radius 1 is 1.14 bits per heavy atom. The van der Waals surface area contributed by atoms with Gasteiger partial charge in [0, 0.05) is 31.6 Å². The number of amides is 1. The molecule has 2 unspecified atom stereocenters. The molecule has 3 fully saturated rings. The van der Waals surface area contributed by atoms with Crippen LogP contribution in [0.4, 0.5) is 0 Å². The van der Waals surface area contributed by atoms with Gasteiger partial charge in [0.05, 0.1) is 17.1 Å². The maximum Gasteiger partial charge on any atom is 0.222 e. The largest absolute Gasteiger partial charge is 0.504 e. The van der Waals surface area contributed by atoms with Gasteiger partial charge >= 0.3 is 0 Å². The lowest BCUT2D eigenvalue weighted by atomic mass is 9.48. The molecular formula is C31H38N2O4. The van der Waals surface area contributed by atoms with E-state index in [1.54, 1.807) is 6.07 Å². The predicted molar refractivity (Wildman–Crippen MR) is 141 cm³/mol. The van der Waals surface area contributed by atoms with Crippen LogP contribution in [-0.2, 0) is 23.1 Å². The minimum Gasteiger partial charge on any atom is -0.504 e. The Hall–Kier alpha value is -2.57. The summed E-state index contributed by atoms with van der Waals surface area (Å²) in [5.74, 6) is 1.59. The summed E-state index contributed by atoms with van der Waals surface area (Å²) in [4.78, 5) is 17.8. The van der Waals surface area contributed by atoms with E-state index >= 15 is 0 Å². The summed E-state index contributed by atoms with van der Waals surface area (Å²) in [5.41, 5.74) is 1.98. The second-order valence-corrected chi connectivity index (χ2v) is 12.2. The molecule has 5 atom stereocenters. The number of benzene rings is 2. The molecule has 2 N–H and O–H groups in total. The van der Waals surface area contributed by atoms with Crippen molar-refractivity contribution in [2.24, 2.45) is 5.92 Å². The maximum atomic E-state index is 13.4. The van der Waals surface area contributed by atoms with Gasteiger partial charge in [0.2, 0.25) is 5.91 Å². The number of hydrogen-bond donors (Lipinski definition) is 2. The summed E-state index contributed by atoms with van der Waals surface area (Å²) in [5, 5.41) is 23.4. The van der Waals surface area contributed by atoms with Crippen molar-refractivity contribution in [3.8, 4) is 11.5 Å². The second kappa shape index (κ2) is 8.47. The quantitative estimate of drug-likeness (QED) is 0.603. The molecular weight excluding hydrogens is 464 g/mol. The molecule has 7 rings (SSSR count). The van der Waals surface area contributed by atoms with Crippen molar-refractivity contribution in [1.82, 2.24) is 9.80 Å². The Bertz CT molecular complexity index is 1210. The molecule has 2 heterocycles. The Labute approximate surface area is 219 Å². The lowest BCUT2D eigenvalue weighted by Crippen LogP contribution is -2.78. The molecule has 5 aliphatic rings. The van der Waals surface area contributed by atoms with E-state index < -0.39 is 11.0 Å². The number of rotatable bonds is 7. The van der Waals surface area contributed by atoms with Crippen molar-refractivity contribution in [3.63, 3.8) is 0 Å². The molecule has 1 saturated heterocycles. The first-order chi connectivity index (χ1) is 17.9. The van der Waals surface area contributed by atoms with Crippen molar-refractivity contribution in [2.45, 2.75) is 87.0 Å². The highest BCUT2D eigenvalue weighted by Crippen LogP contribution is 2.66. The van der Waals surface area contributed by atoms with Crippen molar-refractivity contribution in [1.29, 1.82) is 0 Å². The number of aryl methyl sites for hydroxylation is 1. The van der Waals surface area contributed by atoms with Crippen molar-refractivity contribution >= 4 is 5.91 Å². The third kappa shape index (κ3) is 3.41. The van der Waals surface area contributed by atoms with E-state index in [4.69, 9.17) is 4.74 Å². The number of ether oxygens (including phenoxy) is 1. The van der Waals surface area contributed by atoms with E-state index in [0.717, 1.165) is 50.3 Å². The van der Waals surface area contributed by atoms with Crippen LogP contribution in [0.15, 0.2) is 42.5 Å². The zero-order valence-electron chi connectivity index (χ0n) is 21.7. The number of aliphatic hydroxyl groups is 1. The average molecular weight is 503 g/mol. The normalized spacial score (nSPS) is 33.5. The molecule has 2 saturated carbocycles. The van der Waals surface area contributed by atoms with Crippen molar-refractivity contribution < 1.29 is 19.7 Å². The Morgan fingerprint density at radius 2 is 1.95 bits per heavy atom. The van der Waals surface area contributed by atoms with Crippen LogP contribution >= 0.6 is 0 Å². The number of carbonyl (C=O) groups excluding carboxylic acids is 1. The van der Waals surface area contributed by atoms with Crippen LogP contribution in [0, 0.1) is 5.92 Å². The highest BCUT2D eigenvalue weighted by Gasteiger charge is 2.73. The molecule has 2 aliphatic heterocycles. The van der Waals surface area contributed by atoms with Gasteiger partial charge in [0.1, 0.15) is 6.10 Å². The van der Waals surface area contributed by atoms with Gasteiger partial charge in [0.15, 0.2) is 11.5 Å². The number of likely N-dealkylation sites (tertiary alicyclic amines) is 1. The number of hydrogen-bond acceptors (Lipinski definition) is 5. The fourth-order valence-corrected chi connectivity index (χ4v) is 8.30. The molecule has 37 heavy (non-hydrogen) atoms. The van der Waals surface area contributed by atoms with Crippen LogP contribution in [0.2, 0.25) is 0 Å². The zero-order valence-corrected chi connectivity index (χ0v) is 21.7. The van der Waals surface area contributed by atoms with E-state index in [2.05, 4.69) is 17.0 Å². The van der Waals surface area contributed by atoms with Gasteiger partial charge in [-0.25, -0.2) is 0 Å². The van der Waals surface area contributed by atoms with Gasteiger partial charge in [-0.15, -0.1) is 0 Å². The molecule has 6 heteroatoms. The molecule has 6 nitrogen and oxygen atoms in total. The molecule has 2 aromatic rings. The first-order valence-corrected chi connectivity index (χ1v) is 14.2. The fourth-order valence-electron chi connectivity index (χ4n) is 8.30. The van der Waals surface area contributed by atoms with Gasteiger partial charge in [-0.2, -0.15) is 0 Å². The number of phenolic OH excluding ortho intramolecular Hbond substituents is 1. The summed E-state index contributed by atoms with van der Waals surface area (Å²) in [6, 6.07) is 14.0. The van der Waals surface area contributed by atoms with E-state index in [9.17, 15) is 15.0 Å². The average Bonchev–Trinajstić information content (AvgIpc) is 3.64. The maximum absolute atomic E-state index is 13.4. The zero-order chi connectivity index (χ0) is 25.4. The molecule has 1 amide bonds. The summed E-state index contributed by atoms with van der Waals surface area (Å²) in [6.45, 7) is 2.00. The number of likely N-dealkylation sites (N-methyl/N-ethyl adjacent to an activating group) is 1. The summed E-state index contributed by atoms with van der Waals surface area (Å²) < 4.78 is 6.64. The van der Waals surface area contributed by atoms with Crippen molar-refractivity contribution in [2.75, 3.05) is 20.1 Å². The number of carbonyl (C=O) groups is 1. The summed E-state index contributed by atoms with van der Waals surface area (Å²) >= 11 is 0. The molecule has 2 aromatic carbocycles. The van der Waals surface area contributed by atoms with Crippen LogP contribution < -0.4 is 4.74 Å². The summed E-state index contributed by atoms with van der Waals surface area (Å²) in [7, 11) is 1.91. The van der Waals surface area contributed by atoms with E-state index in [0.29, 0.717) is 25.0 Å². The SMILES string of the molecule is CN(C(=O)CCCc1ccccc1)C1CC[C@@]2(O)[C@H]3Cc4ccc(O)c5c4[C@@]2(CCN3CC2CC2)C1O5. The fraction of sp³-hybridized carbons (Fsp3) is 0.581. The second-order valence-electron chi connectivity index (χ2n) is 12.2. The molecule has 3 aliphatic carbocycles. The topological polar surface area (TPSA) is 73.2 Å². The number of phenols is 1. The van der Waals surface area contributed by atoms with Crippen LogP contribution in [0.5, 0.6) is 11.5 Å². The third-order valence-electron chi connectivity index (χ3n) is 10.3. The van der Waals surface area contributed by atoms with E-state index in [-0.39, 0.29) is 29.8 Å². The first-order valence-electron chi connectivity index (χ1n) is 14.2. The van der Waals surface area contributed by atoms with Crippen LogP contribution in [0.25, 0.3) is 0 Å². The minimum absolute atomic E-state index is 0.0590. The molecule has 0 radical (unpaired) electrons. The van der Waals surface area contributed by atoms with E-state index in [1.807, 2.05) is 36.2 Å². The Morgan fingerprint density at radius 3 is 2.73 bits per heavy atom. The Balaban J connectivity index is 1.18. The van der Waals surface area contributed by atoms with Gasteiger partial charge in [-0.3, -0.25) is 9.69 Å². The van der Waals surface area contributed by atoms with Gasteiger partial charge in [-0.1, -0.05) is 36.4 Å². The lowest BCUT2D eigenvalue weighted by Gasteiger charge is -2.64. The minimum atomic E-state index is -0.912. The molecule has 1 spiro atoms. The van der Waals surface area contributed by atoms with Crippen LogP contribution in [0.1, 0.15) is 61.6 Å². The third-order valence-corrected chi connectivity index (χ3v) is 10.3. The van der Waals surface area contributed by atoms with Crippen LogP contribution in [0.3, 0.4) is 0 Å². The lowest BCUT2D eigenvalue weighted by molar-refractivity contribution is -0.200. The number of aromatic hydroxyl groups is 1. The molecule has 2 bridgehead atoms. The Kier molecular flexibility index (Phi) is 5.39. The van der Waals surface area contributed by atoms with Crippen LogP contribution in [-0.4, -0.2) is 69.8 Å². The van der Waals surface area contributed by atoms with Gasteiger partial charge in [-0.05, 0) is 81.0 Å².